The smallest absolute Gasteiger partial charge is 0.185 e. The summed E-state index contributed by atoms with van der Waals surface area (Å²) in [7, 11) is 1.79. The lowest BCUT2D eigenvalue weighted by molar-refractivity contribution is 0.143. The quantitative estimate of drug-likeness (QED) is 0.907. The summed E-state index contributed by atoms with van der Waals surface area (Å²) in [5.41, 5.74) is 1.28. The van der Waals surface area contributed by atoms with Gasteiger partial charge in [-0.1, -0.05) is 0 Å². The van der Waals surface area contributed by atoms with Gasteiger partial charge in [-0.3, -0.25) is 0 Å². The lowest BCUT2D eigenvalue weighted by atomic mass is 9.99. The number of methoxy groups -OCH3 is 1. The van der Waals surface area contributed by atoms with Gasteiger partial charge in [0.15, 0.2) is 5.13 Å². The summed E-state index contributed by atoms with van der Waals surface area (Å²) in [5, 5.41) is 6.83. The van der Waals surface area contributed by atoms with Crippen LogP contribution in [-0.2, 0) is 11.3 Å². The molecule has 5 heteroatoms. The minimum Gasteiger partial charge on any atom is -0.384 e. The van der Waals surface area contributed by atoms with Crippen LogP contribution in [0.3, 0.4) is 0 Å². The summed E-state index contributed by atoms with van der Waals surface area (Å²) in [6.45, 7) is 10.4. The Morgan fingerprint density at radius 3 is 3.00 bits per heavy atom. The topological polar surface area (TPSA) is 37.4 Å². The van der Waals surface area contributed by atoms with Crippen molar-refractivity contribution in [2.24, 2.45) is 5.92 Å². The number of hydrogen-bond donors (Lipinski definition) is 1. The second-order valence-corrected chi connectivity index (χ2v) is 7.47. The second kappa shape index (κ2) is 6.87. The van der Waals surface area contributed by atoms with E-state index in [1.54, 1.807) is 18.4 Å². The SMILES string of the molecule is COCC1CCCN(c2nc(CNC(C)(C)C)cs2)C1. The van der Waals surface area contributed by atoms with Gasteiger partial charge in [0.05, 0.1) is 12.3 Å². The summed E-state index contributed by atoms with van der Waals surface area (Å²) in [5.74, 6) is 0.647. The van der Waals surface area contributed by atoms with Gasteiger partial charge in [-0.2, -0.15) is 0 Å². The lowest BCUT2D eigenvalue weighted by Gasteiger charge is -2.32. The molecule has 0 saturated carbocycles. The first-order chi connectivity index (χ1) is 9.48. The van der Waals surface area contributed by atoms with E-state index < -0.39 is 0 Å². The van der Waals surface area contributed by atoms with Gasteiger partial charge in [-0.15, -0.1) is 11.3 Å². The molecule has 1 aliphatic heterocycles. The van der Waals surface area contributed by atoms with Crippen LogP contribution in [0, 0.1) is 5.92 Å². The molecule has 1 fully saturated rings. The Hall–Kier alpha value is -0.650. The third-order valence-corrected chi connectivity index (χ3v) is 4.48. The van der Waals surface area contributed by atoms with Crippen LogP contribution in [0.4, 0.5) is 5.13 Å². The molecule has 1 aromatic rings. The molecule has 4 nitrogen and oxygen atoms in total. The zero-order chi connectivity index (χ0) is 14.6. The molecular formula is C15H27N3OS. The van der Waals surface area contributed by atoms with Crippen molar-refractivity contribution < 1.29 is 4.74 Å². The van der Waals surface area contributed by atoms with Gasteiger partial charge in [0, 0.05) is 37.7 Å². The van der Waals surface area contributed by atoms with E-state index in [4.69, 9.17) is 9.72 Å². The first-order valence-electron chi connectivity index (χ1n) is 7.41. The number of nitrogens with zero attached hydrogens (tertiary/aromatic N) is 2. The predicted octanol–water partition coefficient (Wildman–Crippen LogP) is 2.89. The highest BCUT2D eigenvalue weighted by Crippen LogP contribution is 2.26. The lowest BCUT2D eigenvalue weighted by Crippen LogP contribution is -2.37. The van der Waals surface area contributed by atoms with Gasteiger partial charge >= 0.3 is 0 Å². The highest BCUT2D eigenvalue weighted by molar-refractivity contribution is 7.13. The van der Waals surface area contributed by atoms with Crippen molar-refractivity contribution in [3.05, 3.63) is 11.1 Å². The van der Waals surface area contributed by atoms with E-state index in [1.807, 2.05) is 0 Å². The van der Waals surface area contributed by atoms with Gasteiger partial charge in [0.1, 0.15) is 0 Å². The van der Waals surface area contributed by atoms with Crippen molar-refractivity contribution in [3.8, 4) is 0 Å². The molecule has 1 saturated heterocycles. The minimum absolute atomic E-state index is 0.137. The normalized spacial score (nSPS) is 20.4. The Morgan fingerprint density at radius 2 is 2.30 bits per heavy atom. The molecule has 0 bridgehead atoms. The third-order valence-electron chi connectivity index (χ3n) is 3.53. The molecule has 1 atom stereocenters. The number of piperidine rings is 1. The van der Waals surface area contributed by atoms with Crippen molar-refractivity contribution in [2.45, 2.75) is 45.7 Å². The molecule has 0 radical (unpaired) electrons. The summed E-state index contributed by atoms with van der Waals surface area (Å²) in [4.78, 5) is 7.19. The fourth-order valence-corrected chi connectivity index (χ4v) is 3.35. The molecule has 114 valence electrons. The van der Waals surface area contributed by atoms with Crippen molar-refractivity contribution in [2.75, 3.05) is 31.7 Å². The van der Waals surface area contributed by atoms with Crippen LogP contribution in [0.2, 0.25) is 0 Å². The number of nitrogens with one attached hydrogen (secondary N) is 1. The van der Waals surface area contributed by atoms with Gasteiger partial charge in [-0.25, -0.2) is 4.98 Å². The number of anilines is 1. The number of rotatable bonds is 5. The van der Waals surface area contributed by atoms with Crippen LogP contribution in [0.25, 0.3) is 0 Å². The average Bonchev–Trinajstić information content (AvgIpc) is 2.85. The van der Waals surface area contributed by atoms with Gasteiger partial charge in [0.2, 0.25) is 0 Å². The standard InChI is InChI=1S/C15H27N3OS/c1-15(2,3)16-8-13-11-20-14(17-13)18-7-5-6-12(9-18)10-19-4/h11-12,16H,5-10H2,1-4H3. The summed E-state index contributed by atoms with van der Waals surface area (Å²) in [6, 6.07) is 0. The van der Waals surface area contributed by atoms with Crippen LogP contribution in [0.15, 0.2) is 5.38 Å². The highest BCUT2D eigenvalue weighted by Gasteiger charge is 2.22. The van der Waals surface area contributed by atoms with Crippen LogP contribution < -0.4 is 10.2 Å². The fraction of sp³-hybridized carbons (Fsp3) is 0.800. The monoisotopic (exact) mass is 297 g/mol. The maximum atomic E-state index is 5.29. The first-order valence-corrected chi connectivity index (χ1v) is 8.29. The van der Waals surface area contributed by atoms with Crippen molar-refractivity contribution in [1.82, 2.24) is 10.3 Å². The Kier molecular flexibility index (Phi) is 5.41. The van der Waals surface area contributed by atoms with E-state index in [0.29, 0.717) is 5.92 Å². The average molecular weight is 297 g/mol. The van der Waals surface area contributed by atoms with Gasteiger partial charge in [0.25, 0.3) is 0 Å². The molecule has 0 aromatic carbocycles. The molecule has 0 amide bonds. The minimum atomic E-state index is 0.137. The number of thiazole rings is 1. The van der Waals surface area contributed by atoms with E-state index in [1.165, 1.54) is 12.8 Å². The summed E-state index contributed by atoms with van der Waals surface area (Å²) >= 11 is 1.76. The van der Waals surface area contributed by atoms with Crippen molar-refractivity contribution in [1.29, 1.82) is 0 Å². The van der Waals surface area contributed by atoms with Crippen LogP contribution >= 0.6 is 11.3 Å². The predicted molar refractivity (Wildman–Crippen MR) is 85.5 cm³/mol. The molecule has 1 aromatic heterocycles. The summed E-state index contributed by atoms with van der Waals surface area (Å²) in [6.07, 6.45) is 2.51. The van der Waals surface area contributed by atoms with E-state index >= 15 is 0 Å². The Morgan fingerprint density at radius 1 is 1.50 bits per heavy atom. The number of hydrogen-bond acceptors (Lipinski definition) is 5. The molecule has 1 aliphatic rings. The number of ether oxygens (including phenoxy) is 1. The van der Waals surface area contributed by atoms with Crippen molar-refractivity contribution >= 4 is 16.5 Å². The zero-order valence-electron chi connectivity index (χ0n) is 13.1. The molecule has 0 spiro atoms. The van der Waals surface area contributed by atoms with Crippen LogP contribution in [-0.4, -0.2) is 37.3 Å². The van der Waals surface area contributed by atoms with Gasteiger partial charge in [-0.05, 0) is 39.5 Å². The van der Waals surface area contributed by atoms with Crippen LogP contribution in [0.1, 0.15) is 39.3 Å². The molecule has 1 unspecified atom stereocenters. The van der Waals surface area contributed by atoms with E-state index in [9.17, 15) is 0 Å². The molecule has 2 rings (SSSR count). The third kappa shape index (κ3) is 4.72. The Bertz CT molecular complexity index is 411. The number of aromatic nitrogens is 1. The molecule has 0 aliphatic carbocycles. The van der Waals surface area contributed by atoms with Crippen LogP contribution in [0.5, 0.6) is 0 Å². The Labute approximate surface area is 126 Å². The fourth-order valence-electron chi connectivity index (χ4n) is 2.49. The van der Waals surface area contributed by atoms with E-state index in [0.717, 1.165) is 37.1 Å². The summed E-state index contributed by atoms with van der Waals surface area (Å²) < 4.78 is 5.29. The second-order valence-electron chi connectivity index (χ2n) is 6.63. The zero-order valence-corrected chi connectivity index (χ0v) is 13.9. The largest absolute Gasteiger partial charge is 0.384 e. The first kappa shape index (κ1) is 15.7. The molecule has 2 heterocycles. The van der Waals surface area contributed by atoms with Gasteiger partial charge < -0.3 is 15.0 Å². The highest BCUT2D eigenvalue weighted by atomic mass is 32.1. The molecule has 1 N–H and O–H groups in total. The molecular weight excluding hydrogens is 270 g/mol. The maximum absolute atomic E-state index is 5.29. The maximum Gasteiger partial charge on any atom is 0.185 e. The van der Waals surface area contributed by atoms with Crippen molar-refractivity contribution in [3.63, 3.8) is 0 Å². The van der Waals surface area contributed by atoms with E-state index in [2.05, 4.69) is 36.4 Å². The Balaban J connectivity index is 1.91. The molecule has 20 heavy (non-hydrogen) atoms. The van der Waals surface area contributed by atoms with E-state index in [-0.39, 0.29) is 5.54 Å².